The summed E-state index contributed by atoms with van der Waals surface area (Å²) < 4.78 is 5.51. The Morgan fingerprint density at radius 1 is 1.08 bits per heavy atom. The van der Waals surface area contributed by atoms with Crippen LogP contribution in [-0.4, -0.2) is 23.2 Å². The number of carboxylic acids is 1. The van der Waals surface area contributed by atoms with Crippen LogP contribution in [0.2, 0.25) is 0 Å². The van der Waals surface area contributed by atoms with Gasteiger partial charge in [0.05, 0.1) is 17.6 Å². The Bertz CT molecular complexity index is 937. The number of methoxy groups -OCH3 is 1. The third-order valence-corrected chi connectivity index (χ3v) is 5.27. The minimum Gasteiger partial charge on any atom is -0.496 e. The molecule has 0 saturated carbocycles. The second-order valence-electron chi connectivity index (χ2n) is 7.08. The second kappa shape index (κ2) is 6.92. The molecule has 0 aliphatic rings. The predicted molar refractivity (Wildman–Crippen MR) is 105 cm³/mol. The van der Waals surface area contributed by atoms with E-state index in [-0.39, 0.29) is 11.0 Å². The summed E-state index contributed by atoms with van der Waals surface area (Å²) in [7, 11) is 1.69. The lowest BCUT2D eigenvalue weighted by atomic mass is 9.85. The molecule has 2 aromatic carbocycles. The summed E-state index contributed by atoms with van der Waals surface area (Å²) in [6.45, 7) is 6.49. The van der Waals surface area contributed by atoms with Gasteiger partial charge in [0.1, 0.15) is 10.8 Å². The van der Waals surface area contributed by atoms with E-state index < -0.39 is 5.97 Å². The third kappa shape index (κ3) is 3.63. The summed E-state index contributed by atoms with van der Waals surface area (Å²) in [5.41, 5.74) is 3.41. The van der Waals surface area contributed by atoms with Crippen molar-refractivity contribution in [2.45, 2.75) is 26.2 Å². The molecule has 1 heterocycles. The maximum absolute atomic E-state index is 11.0. The number of aromatic nitrogens is 1. The Kier molecular flexibility index (Phi) is 4.83. The topological polar surface area (TPSA) is 59.4 Å². The fraction of sp³-hybridized carbons (Fsp3) is 0.238. The van der Waals surface area contributed by atoms with Crippen molar-refractivity contribution >= 4 is 17.3 Å². The highest BCUT2D eigenvalue weighted by Gasteiger charge is 2.20. The number of carbonyl (C=O) groups is 1. The molecular formula is C21H21NO3S. The zero-order valence-electron chi connectivity index (χ0n) is 15.2. The first-order valence-electron chi connectivity index (χ1n) is 8.28. The van der Waals surface area contributed by atoms with Gasteiger partial charge in [-0.1, -0.05) is 32.9 Å². The number of nitrogens with zero attached hydrogens (tertiary/aromatic N) is 1. The number of hydrogen-bond acceptors (Lipinski definition) is 4. The smallest absolute Gasteiger partial charge is 0.335 e. The van der Waals surface area contributed by atoms with Crippen molar-refractivity contribution in [1.29, 1.82) is 0 Å². The van der Waals surface area contributed by atoms with E-state index in [9.17, 15) is 4.79 Å². The van der Waals surface area contributed by atoms with E-state index in [1.807, 2.05) is 18.3 Å². The van der Waals surface area contributed by atoms with Crippen LogP contribution in [0.25, 0.3) is 21.0 Å². The van der Waals surface area contributed by atoms with Crippen molar-refractivity contribution < 1.29 is 14.6 Å². The molecule has 0 fully saturated rings. The molecule has 3 aromatic rings. The molecule has 26 heavy (non-hydrogen) atoms. The Labute approximate surface area is 157 Å². The molecule has 1 aromatic heterocycles. The minimum absolute atomic E-state index is 0.0263. The predicted octanol–water partition coefficient (Wildman–Crippen LogP) is 5.48. The summed E-state index contributed by atoms with van der Waals surface area (Å²) in [6.07, 6.45) is 1.86. The van der Waals surface area contributed by atoms with E-state index >= 15 is 0 Å². The van der Waals surface area contributed by atoms with Crippen LogP contribution in [0.15, 0.2) is 48.7 Å². The first-order valence-corrected chi connectivity index (χ1v) is 9.09. The van der Waals surface area contributed by atoms with E-state index in [0.717, 1.165) is 32.3 Å². The molecule has 5 heteroatoms. The van der Waals surface area contributed by atoms with Gasteiger partial charge in [0, 0.05) is 17.3 Å². The molecule has 0 spiro atoms. The van der Waals surface area contributed by atoms with Crippen LogP contribution >= 0.6 is 11.3 Å². The molecule has 1 N–H and O–H groups in total. The van der Waals surface area contributed by atoms with Crippen molar-refractivity contribution in [3.05, 3.63) is 59.8 Å². The molecule has 0 atom stereocenters. The Morgan fingerprint density at radius 3 is 2.31 bits per heavy atom. The van der Waals surface area contributed by atoms with E-state index in [0.29, 0.717) is 0 Å². The largest absolute Gasteiger partial charge is 0.496 e. The fourth-order valence-corrected chi connectivity index (χ4v) is 3.66. The molecule has 134 valence electrons. The molecule has 4 nitrogen and oxygen atoms in total. The number of thiazole rings is 1. The van der Waals surface area contributed by atoms with Crippen LogP contribution in [0, 0.1) is 0 Å². The standard InChI is InChI=1S/C21H21NO3S/c1-21(2,3)16-11-15(9-10-17(16)25-4)18-12-22-19(26-18)13-5-7-14(8-6-13)20(23)24/h5-12H,1-4H3,(H,23,24). The van der Waals surface area contributed by atoms with Crippen molar-refractivity contribution in [2.75, 3.05) is 7.11 Å². The molecule has 0 bridgehead atoms. The van der Waals surface area contributed by atoms with Gasteiger partial charge < -0.3 is 9.84 Å². The van der Waals surface area contributed by atoms with Gasteiger partial charge in [0.2, 0.25) is 0 Å². The molecule has 0 radical (unpaired) electrons. The van der Waals surface area contributed by atoms with Gasteiger partial charge in [-0.05, 0) is 41.3 Å². The van der Waals surface area contributed by atoms with Crippen molar-refractivity contribution in [2.24, 2.45) is 0 Å². The molecule has 0 unspecified atom stereocenters. The summed E-state index contributed by atoms with van der Waals surface area (Å²) in [4.78, 5) is 16.6. The van der Waals surface area contributed by atoms with Gasteiger partial charge >= 0.3 is 5.97 Å². The average molecular weight is 367 g/mol. The average Bonchev–Trinajstić information content (AvgIpc) is 3.10. The maximum atomic E-state index is 11.0. The number of aromatic carboxylic acids is 1. The van der Waals surface area contributed by atoms with Gasteiger partial charge in [0.25, 0.3) is 0 Å². The Balaban J connectivity index is 1.96. The SMILES string of the molecule is COc1ccc(-c2cnc(-c3ccc(C(=O)O)cc3)s2)cc1C(C)(C)C. The van der Waals surface area contributed by atoms with E-state index in [4.69, 9.17) is 9.84 Å². The van der Waals surface area contributed by atoms with Crippen LogP contribution in [0.4, 0.5) is 0 Å². The highest BCUT2D eigenvalue weighted by Crippen LogP contribution is 2.38. The Hall–Kier alpha value is -2.66. The van der Waals surface area contributed by atoms with Gasteiger partial charge in [-0.3, -0.25) is 0 Å². The summed E-state index contributed by atoms with van der Waals surface area (Å²) in [5, 5.41) is 9.88. The summed E-state index contributed by atoms with van der Waals surface area (Å²) in [5.74, 6) is -0.0421. The molecule has 0 aliphatic heterocycles. The number of carboxylic acid groups (broad SMARTS) is 1. The third-order valence-electron chi connectivity index (χ3n) is 4.18. The lowest BCUT2D eigenvalue weighted by Gasteiger charge is -2.22. The highest BCUT2D eigenvalue weighted by atomic mass is 32.1. The minimum atomic E-state index is -0.927. The molecule has 0 aliphatic carbocycles. The number of benzene rings is 2. The Morgan fingerprint density at radius 2 is 1.73 bits per heavy atom. The van der Waals surface area contributed by atoms with Gasteiger partial charge in [-0.2, -0.15) is 0 Å². The number of hydrogen-bond donors (Lipinski definition) is 1. The zero-order chi connectivity index (χ0) is 18.9. The highest BCUT2D eigenvalue weighted by molar-refractivity contribution is 7.18. The zero-order valence-corrected chi connectivity index (χ0v) is 16.1. The number of rotatable bonds is 4. The van der Waals surface area contributed by atoms with Crippen LogP contribution in [0.3, 0.4) is 0 Å². The van der Waals surface area contributed by atoms with Crippen molar-refractivity contribution in [1.82, 2.24) is 4.98 Å². The van der Waals surface area contributed by atoms with E-state index in [2.05, 4.69) is 31.8 Å². The van der Waals surface area contributed by atoms with Gasteiger partial charge in [-0.25, -0.2) is 9.78 Å². The lowest BCUT2D eigenvalue weighted by Crippen LogP contribution is -2.12. The molecular weight excluding hydrogens is 346 g/mol. The van der Waals surface area contributed by atoms with E-state index in [1.165, 1.54) is 0 Å². The number of ether oxygens (including phenoxy) is 1. The summed E-state index contributed by atoms with van der Waals surface area (Å²) in [6, 6.07) is 13.0. The quantitative estimate of drug-likeness (QED) is 0.663. The van der Waals surface area contributed by atoms with Gasteiger partial charge in [0.15, 0.2) is 0 Å². The van der Waals surface area contributed by atoms with E-state index in [1.54, 1.807) is 42.7 Å². The first-order chi connectivity index (χ1) is 12.3. The first kappa shape index (κ1) is 18.1. The van der Waals surface area contributed by atoms with Gasteiger partial charge in [-0.15, -0.1) is 11.3 Å². The molecule has 3 rings (SSSR count). The fourth-order valence-electron chi connectivity index (χ4n) is 2.74. The van der Waals surface area contributed by atoms with Crippen LogP contribution < -0.4 is 4.74 Å². The molecule has 0 saturated heterocycles. The van der Waals surface area contributed by atoms with Crippen LogP contribution in [0.1, 0.15) is 36.7 Å². The van der Waals surface area contributed by atoms with Crippen LogP contribution in [0.5, 0.6) is 5.75 Å². The lowest BCUT2D eigenvalue weighted by molar-refractivity contribution is 0.0697. The van der Waals surface area contributed by atoms with Crippen molar-refractivity contribution in [3.8, 4) is 26.8 Å². The van der Waals surface area contributed by atoms with Crippen LogP contribution in [-0.2, 0) is 5.41 Å². The second-order valence-corrected chi connectivity index (χ2v) is 8.11. The maximum Gasteiger partial charge on any atom is 0.335 e. The summed E-state index contributed by atoms with van der Waals surface area (Å²) >= 11 is 1.59. The normalized spacial score (nSPS) is 11.4. The van der Waals surface area contributed by atoms with Crippen molar-refractivity contribution in [3.63, 3.8) is 0 Å². The monoisotopic (exact) mass is 367 g/mol. The molecule has 0 amide bonds.